The molecule has 0 aliphatic heterocycles. The van der Waals surface area contributed by atoms with Gasteiger partial charge >= 0.3 is 32.0 Å². The van der Waals surface area contributed by atoms with Gasteiger partial charge in [0.15, 0.2) is 0 Å². The van der Waals surface area contributed by atoms with Gasteiger partial charge in [-0.25, -0.2) is 8.78 Å². The average Bonchev–Trinajstić information content (AvgIpc) is 2.81. The van der Waals surface area contributed by atoms with Crippen LogP contribution >= 0.6 is 0 Å². The number of halogens is 14. The molecule has 43 heavy (non-hydrogen) atoms. The van der Waals surface area contributed by atoms with Gasteiger partial charge in [-0.1, -0.05) is 6.07 Å². The van der Waals surface area contributed by atoms with Crippen LogP contribution in [0.15, 0.2) is 54.6 Å². The molecule has 0 aliphatic carbocycles. The fourth-order valence-corrected chi connectivity index (χ4v) is 4.58. The number of hydrogen-bond donors (Lipinski definition) is 2. The van der Waals surface area contributed by atoms with Crippen molar-refractivity contribution in [2.75, 3.05) is 0 Å². The van der Waals surface area contributed by atoms with E-state index >= 15 is 8.78 Å². The minimum absolute atomic E-state index is 0.114. The lowest BCUT2D eigenvalue weighted by atomic mass is 9.72. The molecule has 1 unspecified atom stereocenters. The first kappa shape index (κ1) is 34.1. The SMILES string of the molecule is CC(OB(O)O)(c1c(F)cccc1F)C(c1cc(C(F)(F)F)cc(C(F)(F)F)c1)c1cc(C(F)(F)F)cc(C(F)(F)F)c1. The van der Waals surface area contributed by atoms with E-state index in [4.69, 9.17) is 4.65 Å². The first-order valence-electron chi connectivity index (χ1n) is 11.4. The van der Waals surface area contributed by atoms with Gasteiger partial charge in [0, 0.05) is 5.92 Å². The van der Waals surface area contributed by atoms with Crippen LogP contribution in [0.5, 0.6) is 0 Å². The quantitative estimate of drug-likeness (QED) is 0.212. The molecular weight excluding hydrogens is 625 g/mol. The zero-order valence-electron chi connectivity index (χ0n) is 20.9. The van der Waals surface area contributed by atoms with Crippen molar-refractivity contribution in [2.45, 2.75) is 43.1 Å². The molecule has 0 fully saturated rings. The molecule has 0 aromatic heterocycles. The molecule has 234 valence electrons. The van der Waals surface area contributed by atoms with Crippen LogP contribution in [0.2, 0.25) is 0 Å². The van der Waals surface area contributed by atoms with Crippen molar-refractivity contribution in [3.05, 3.63) is 105 Å². The van der Waals surface area contributed by atoms with E-state index < -0.39 is 106 Å². The highest BCUT2D eigenvalue weighted by Crippen LogP contribution is 2.50. The molecule has 18 heteroatoms. The Morgan fingerprint density at radius 1 is 0.581 bits per heavy atom. The van der Waals surface area contributed by atoms with Gasteiger partial charge in [0.25, 0.3) is 0 Å². The third kappa shape index (κ3) is 7.41. The van der Waals surface area contributed by atoms with Gasteiger partial charge in [-0.15, -0.1) is 0 Å². The Labute approximate surface area is 232 Å². The lowest BCUT2D eigenvalue weighted by Gasteiger charge is -2.40. The summed E-state index contributed by atoms with van der Waals surface area (Å²) in [5, 5.41) is 19.2. The first-order chi connectivity index (χ1) is 19.4. The van der Waals surface area contributed by atoms with E-state index in [1.807, 2.05) is 0 Å². The Morgan fingerprint density at radius 2 is 0.884 bits per heavy atom. The topological polar surface area (TPSA) is 49.7 Å². The van der Waals surface area contributed by atoms with Gasteiger partial charge in [-0.3, -0.25) is 0 Å². The van der Waals surface area contributed by atoms with E-state index in [0.29, 0.717) is 25.1 Å². The molecule has 2 N–H and O–H groups in total. The summed E-state index contributed by atoms with van der Waals surface area (Å²) in [5.41, 5.74) is -16.0. The van der Waals surface area contributed by atoms with Gasteiger partial charge < -0.3 is 14.7 Å². The molecule has 0 heterocycles. The lowest BCUT2D eigenvalue weighted by molar-refractivity contribution is -0.144. The monoisotopic (exact) mass is 640 g/mol. The van der Waals surface area contributed by atoms with Crippen molar-refractivity contribution in [2.24, 2.45) is 0 Å². The standard InChI is InChI=1S/C25H15BF14O3/c1-21(43-26(41)42,20-17(27)3-2-4-18(20)28)19(11-5-13(22(29,30)31)9-14(6-11)23(32,33)34)12-7-15(24(35,36)37)10-16(8-12)25(38,39)40/h2-10,19,41-42H,1H3. The highest BCUT2D eigenvalue weighted by Gasteiger charge is 2.48. The van der Waals surface area contributed by atoms with E-state index in [1.54, 1.807) is 0 Å². The zero-order valence-corrected chi connectivity index (χ0v) is 20.9. The molecule has 0 spiro atoms. The first-order valence-corrected chi connectivity index (χ1v) is 11.4. The zero-order chi connectivity index (χ0) is 32.9. The summed E-state index contributed by atoms with van der Waals surface area (Å²) in [6, 6.07) is 0.331. The van der Waals surface area contributed by atoms with Crippen LogP contribution in [0.4, 0.5) is 61.5 Å². The molecule has 0 bridgehead atoms. The highest BCUT2D eigenvalue weighted by atomic mass is 19.4. The predicted molar refractivity (Wildman–Crippen MR) is 120 cm³/mol. The molecule has 0 saturated heterocycles. The van der Waals surface area contributed by atoms with E-state index in [2.05, 4.69) is 0 Å². The van der Waals surface area contributed by atoms with Crippen molar-refractivity contribution in [3.8, 4) is 0 Å². The summed E-state index contributed by atoms with van der Waals surface area (Å²) in [7, 11) is -3.17. The van der Waals surface area contributed by atoms with Crippen LogP contribution in [-0.4, -0.2) is 17.4 Å². The Hall–Kier alpha value is -3.38. The fourth-order valence-electron chi connectivity index (χ4n) is 4.58. The Kier molecular flexibility index (Phi) is 8.95. The second-order valence-corrected chi connectivity index (χ2v) is 9.26. The highest BCUT2D eigenvalue weighted by molar-refractivity contribution is 6.32. The maximum Gasteiger partial charge on any atom is 0.634 e. The predicted octanol–water partition coefficient (Wildman–Crippen LogP) is 8.07. The second-order valence-electron chi connectivity index (χ2n) is 9.26. The summed E-state index contributed by atoms with van der Waals surface area (Å²) in [6.07, 6.45) is -22.4. The van der Waals surface area contributed by atoms with Gasteiger partial charge in [-0.05, 0) is 66.6 Å². The van der Waals surface area contributed by atoms with Crippen molar-refractivity contribution in [1.29, 1.82) is 0 Å². The molecule has 0 radical (unpaired) electrons. The summed E-state index contributed by atoms with van der Waals surface area (Å²) < 4.78 is 199. The van der Waals surface area contributed by atoms with Gasteiger partial charge in [0.2, 0.25) is 0 Å². The molecular formula is C25H15BF14O3. The normalized spacial score (nSPS) is 14.7. The second kappa shape index (κ2) is 11.3. The minimum atomic E-state index is -5.59. The molecule has 1 atom stereocenters. The number of benzene rings is 3. The molecule has 3 nitrogen and oxygen atoms in total. The molecule has 3 aromatic carbocycles. The summed E-state index contributed by atoms with van der Waals surface area (Å²) in [4.78, 5) is 0. The third-order valence-electron chi connectivity index (χ3n) is 6.25. The average molecular weight is 640 g/mol. The maximum atomic E-state index is 15.1. The summed E-state index contributed by atoms with van der Waals surface area (Å²) >= 11 is 0. The maximum absolute atomic E-state index is 15.1. The van der Waals surface area contributed by atoms with Crippen molar-refractivity contribution in [1.82, 2.24) is 0 Å². The van der Waals surface area contributed by atoms with Crippen LogP contribution in [0.25, 0.3) is 0 Å². The number of alkyl halides is 12. The van der Waals surface area contributed by atoms with E-state index in [9.17, 15) is 62.7 Å². The lowest BCUT2D eigenvalue weighted by Crippen LogP contribution is -2.42. The molecule has 0 amide bonds. The van der Waals surface area contributed by atoms with Crippen LogP contribution < -0.4 is 0 Å². The van der Waals surface area contributed by atoms with Crippen LogP contribution in [-0.2, 0) is 35.0 Å². The summed E-state index contributed by atoms with van der Waals surface area (Å²) in [5.74, 6) is -6.24. The van der Waals surface area contributed by atoms with Crippen molar-refractivity contribution in [3.63, 3.8) is 0 Å². The molecule has 0 aliphatic rings. The van der Waals surface area contributed by atoms with Crippen molar-refractivity contribution >= 4 is 7.32 Å². The largest absolute Gasteiger partial charge is 0.634 e. The molecule has 3 aromatic rings. The van der Waals surface area contributed by atoms with Crippen molar-refractivity contribution < 1.29 is 76.2 Å². The van der Waals surface area contributed by atoms with E-state index in [1.165, 1.54) is 0 Å². The minimum Gasteiger partial charge on any atom is -0.402 e. The molecule has 0 saturated carbocycles. The number of rotatable bonds is 6. The van der Waals surface area contributed by atoms with Crippen LogP contribution in [0.1, 0.15) is 51.8 Å². The Bertz CT molecular complexity index is 1320. The fraction of sp³-hybridized carbons (Fsp3) is 0.280. The third-order valence-corrected chi connectivity index (χ3v) is 6.25. The van der Waals surface area contributed by atoms with Crippen LogP contribution in [0, 0.1) is 11.6 Å². The van der Waals surface area contributed by atoms with Gasteiger partial charge in [0.05, 0.1) is 33.4 Å². The van der Waals surface area contributed by atoms with E-state index in [-0.39, 0.29) is 24.3 Å². The Morgan fingerprint density at radius 3 is 1.14 bits per heavy atom. The Balaban J connectivity index is 2.64. The van der Waals surface area contributed by atoms with Crippen LogP contribution in [0.3, 0.4) is 0 Å². The van der Waals surface area contributed by atoms with Gasteiger partial charge in [-0.2, -0.15) is 52.7 Å². The summed E-state index contributed by atoms with van der Waals surface area (Å²) in [6.45, 7) is 0.430. The van der Waals surface area contributed by atoms with E-state index in [0.717, 1.165) is 0 Å². The molecule has 3 rings (SSSR count). The number of hydrogen-bond acceptors (Lipinski definition) is 3. The van der Waals surface area contributed by atoms with Gasteiger partial charge in [0.1, 0.15) is 11.6 Å². The smallest absolute Gasteiger partial charge is 0.402 e.